The molecule has 0 spiro atoms. The van der Waals surface area contributed by atoms with E-state index in [1.165, 1.54) is 16.7 Å². The third-order valence-electron chi connectivity index (χ3n) is 3.88. The zero-order chi connectivity index (χ0) is 13.4. The number of benzene rings is 1. The van der Waals surface area contributed by atoms with Crippen molar-refractivity contribution in [1.82, 2.24) is 0 Å². The maximum atomic E-state index is 6.49. The molecule has 1 aromatic carbocycles. The van der Waals surface area contributed by atoms with Crippen LogP contribution in [0, 0.1) is 12.8 Å². The zero-order valence-corrected chi connectivity index (χ0v) is 12.4. The Bertz CT molecular complexity index is 394. The van der Waals surface area contributed by atoms with Gasteiger partial charge in [-0.05, 0) is 41.9 Å². The van der Waals surface area contributed by atoms with Crippen LogP contribution >= 0.6 is 0 Å². The molecule has 0 aliphatic carbocycles. The predicted octanol–water partition coefficient (Wildman–Crippen LogP) is 4.12. The van der Waals surface area contributed by atoms with Crippen molar-refractivity contribution in [2.24, 2.45) is 11.7 Å². The van der Waals surface area contributed by atoms with Crippen LogP contribution in [0.2, 0.25) is 0 Å². The van der Waals surface area contributed by atoms with Crippen LogP contribution in [0.15, 0.2) is 18.2 Å². The van der Waals surface area contributed by atoms with E-state index in [1.54, 1.807) is 0 Å². The molecule has 2 N–H and O–H groups in total. The van der Waals surface area contributed by atoms with Crippen LogP contribution in [0.25, 0.3) is 0 Å². The lowest BCUT2D eigenvalue weighted by Crippen LogP contribution is -2.39. The Hall–Kier alpha value is -0.820. The molecule has 1 atom stereocenters. The van der Waals surface area contributed by atoms with Crippen LogP contribution in [0.3, 0.4) is 0 Å². The smallest absolute Gasteiger partial charge is 0.0407 e. The summed E-state index contributed by atoms with van der Waals surface area (Å²) in [6.45, 7) is 15.4. The molecule has 1 heteroatoms. The lowest BCUT2D eigenvalue weighted by atomic mass is 9.77. The second kappa shape index (κ2) is 4.45. The van der Waals surface area contributed by atoms with Gasteiger partial charge < -0.3 is 5.73 Å². The molecule has 0 saturated heterocycles. The Morgan fingerprint density at radius 1 is 1.06 bits per heavy atom. The Morgan fingerprint density at radius 2 is 1.59 bits per heavy atom. The van der Waals surface area contributed by atoms with Crippen LogP contribution in [0.1, 0.15) is 58.2 Å². The van der Waals surface area contributed by atoms with Crippen molar-refractivity contribution in [2.45, 2.75) is 59.4 Å². The summed E-state index contributed by atoms with van der Waals surface area (Å²) in [7, 11) is 0. The van der Waals surface area contributed by atoms with Gasteiger partial charge in [-0.25, -0.2) is 0 Å². The van der Waals surface area contributed by atoms with E-state index in [2.05, 4.69) is 66.7 Å². The standard InChI is InChI=1S/C16H27N/c1-11(2)16(7,17)14-10-13(15(4,5)6)9-8-12(14)3/h8-11H,17H2,1-7H3. The second-order valence-electron chi connectivity index (χ2n) is 6.72. The van der Waals surface area contributed by atoms with Gasteiger partial charge in [-0.15, -0.1) is 0 Å². The van der Waals surface area contributed by atoms with E-state index < -0.39 is 0 Å². The summed E-state index contributed by atoms with van der Waals surface area (Å²) in [6, 6.07) is 6.70. The van der Waals surface area contributed by atoms with Gasteiger partial charge >= 0.3 is 0 Å². The SMILES string of the molecule is Cc1ccc(C(C)(C)C)cc1C(C)(N)C(C)C. The molecule has 0 heterocycles. The average molecular weight is 233 g/mol. The molecule has 0 aliphatic rings. The van der Waals surface area contributed by atoms with Crippen LogP contribution < -0.4 is 5.73 Å². The number of hydrogen-bond acceptors (Lipinski definition) is 1. The minimum absolute atomic E-state index is 0.176. The highest BCUT2D eigenvalue weighted by atomic mass is 14.7. The van der Waals surface area contributed by atoms with E-state index in [4.69, 9.17) is 5.73 Å². The summed E-state index contributed by atoms with van der Waals surface area (Å²) >= 11 is 0. The maximum Gasteiger partial charge on any atom is 0.0407 e. The number of nitrogens with two attached hydrogens (primary N) is 1. The third kappa shape index (κ3) is 2.90. The van der Waals surface area contributed by atoms with Crippen LogP contribution in [-0.4, -0.2) is 0 Å². The van der Waals surface area contributed by atoms with E-state index in [1.807, 2.05) is 0 Å². The van der Waals surface area contributed by atoms with Gasteiger partial charge in [0.1, 0.15) is 0 Å². The number of hydrogen-bond donors (Lipinski definition) is 1. The summed E-state index contributed by atoms with van der Waals surface area (Å²) in [4.78, 5) is 0. The molecule has 0 aromatic heterocycles. The molecule has 96 valence electrons. The van der Waals surface area contributed by atoms with Gasteiger partial charge in [-0.3, -0.25) is 0 Å². The van der Waals surface area contributed by atoms with Crippen LogP contribution in [-0.2, 0) is 11.0 Å². The van der Waals surface area contributed by atoms with E-state index in [-0.39, 0.29) is 11.0 Å². The second-order valence-corrected chi connectivity index (χ2v) is 6.72. The Morgan fingerprint density at radius 3 is 2.00 bits per heavy atom. The molecule has 0 amide bonds. The van der Waals surface area contributed by atoms with Gasteiger partial charge in [0, 0.05) is 5.54 Å². The topological polar surface area (TPSA) is 26.0 Å². The molecule has 0 radical (unpaired) electrons. The van der Waals surface area contributed by atoms with Crippen molar-refractivity contribution in [1.29, 1.82) is 0 Å². The number of aryl methyl sites for hydroxylation is 1. The van der Waals surface area contributed by atoms with Crippen molar-refractivity contribution < 1.29 is 0 Å². The van der Waals surface area contributed by atoms with Crippen molar-refractivity contribution in [2.75, 3.05) is 0 Å². The van der Waals surface area contributed by atoms with Gasteiger partial charge in [0.2, 0.25) is 0 Å². The molecule has 0 saturated carbocycles. The highest BCUT2D eigenvalue weighted by molar-refractivity contribution is 5.38. The molecule has 0 bridgehead atoms. The maximum absolute atomic E-state index is 6.49. The monoisotopic (exact) mass is 233 g/mol. The van der Waals surface area contributed by atoms with Crippen molar-refractivity contribution >= 4 is 0 Å². The highest BCUT2D eigenvalue weighted by Crippen LogP contribution is 2.32. The van der Waals surface area contributed by atoms with Gasteiger partial charge in [0.05, 0.1) is 0 Å². The van der Waals surface area contributed by atoms with Crippen LogP contribution in [0.5, 0.6) is 0 Å². The fourth-order valence-corrected chi connectivity index (χ4v) is 1.98. The first kappa shape index (κ1) is 14.2. The first-order valence-electron chi connectivity index (χ1n) is 6.47. The highest BCUT2D eigenvalue weighted by Gasteiger charge is 2.28. The quantitative estimate of drug-likeness (QED) is 0.817. The normalized spacial score (nSPS) is 16.1. The molecule has 1 rings (SSSR count). The van der Waals surface area contributed by atoms with E-state index >= 15 is 0 Å². The Labute approximate surface area is 106 Å². The summed E-state index contributed by atoms with van der Waals surface area (Å²) in [5.41, 5.74) is 10.3. The summed E-state index contributed by atoms with van der Waals surface area (Å²) in [5, 5.41) is 0. The zero-order valence-electron chi connectivity index (χ0n) is 12.4. The average Bonchev–Trinajstić information content (AvgIpc) is 2.15. The largest absolute Gasteiger partial charge is 0.321 e. The molecule has 1 nitrogen and oxygen atoms in total. The molecule has 0 aliphatic heterocycles. The van der Waals surface area contributed by atoms with Crippen molar-refractivity contribution in [3.63, 3.8) is 0 Å². The van der Waals surface area contributed by atoms with Crippen molar-refractivity contribution in [3.05, 3.63) is 34.9 Å². The van der Waals surface area contributed by atoms with E-state index in [0.717, 1.165) is 0 Å². The fraction of sp³-hybridized carbons (Fsp3) is 0.625. The minimum Gasteiger partial charge on any atom is -0.321 e. The lowest BCUT2D eigenvalue weighted by Gasteiger charge is -2.33. The molecule has 1 unspecified atom stereocenters. The predicted molar refractivity (Wildman–Crippen MR) is 76.3 cm³/mol. The van der Waals surface area contributed by atoms with E-state index in [0.29, 0.717) is 5.92 Å². The molecule has 17 heavy (non-hydrogen) atoms. The summed E-state index contributed by atoms with van der Waals surface area (Å²) in [6.07, 6.45) is 0. The van der Waals surface area contributed by atoms with Crippen LogP contribution in [0.4, 0.5) is 0 Å². The molecule has 0 fully saturated rings. The Balaban J connectivity index is 3.34. The molecule has 1 aromatic rings. The minimum atomic E-state index is -0.259. The lowest BCUT2D eigenvalue weighted by molar-refractivity contribution is 0.348. The Kier molecular flexibility index (Phi) is 3.73. The van der Waals surface area contributed by atoms with Crippen molar-refractivity contribution in [3.8, 4) is 0 Å². The first-order chi connectivity index (χ1) is 7.56. The molecular formula is C16H27N. The van der Waals surface area contributed by atoms with E-state index in [9.17, 15) is 0 Å². The first-order valence-corrected chi connectivity index (χ1v) is 6.47. The summed E-state index contributed by atoms with van der Waals surface area (Å²) < 4.78 is 0. The van der Waals surface area contributed by atoms with Gasteiger partial charge in [0.15, 0.2) is 0 Å². The third-order valence-corrected chi connectivity index (χ3v) is 3.88. The fourth-order valence-electron chi connectivity index (χ4n) is 1.98. The summed E-state index contributed by atoms with van der Waals surface area (Å²) in [5.74, 6) is 0.427. The molecular weight excluding hydrogens is 206 g/mol. The van der Waals surface area contributed by atoms with Gasteiger partial charge in [0.25, 0.3) is 0 Å². The number of rotatable bonds is 2. The van der Waals surface area contributed by atoms with Gasteiger partial charge in [-0.2, -0.15) is 0 Å². The van der Waals surface area contributed by atoms with Gasteiger partial charge in [-0.1, -0.05) is 52.8 Å².